The molecule has 0 fully saturated rings. The minimum atomic E-state index is -3.15. The van der Waals surface area contributed by atoms with Gasteiger partial charge in [-0.05, 0) is 37.5 Å². The SMILES string of the molecule is COc1c(C)cc(C(N)C(C)S(C)(=O)=O)cc1C. The van der Waals surface area contributed by atoms with Crippen LogP contribution in [0.3, 0.4) is 0 Å². The van der Waals surface area contributed by atoms with E-state index in [1.807, 2.05) is 26.0 Å². The second-order valence-electron chi connectivity index (χ2n) is 4.75. The van der Waals surface area contributed by atoms with Crippen LogP contribution in [0.5, 0.6) is 5.75 Å². The van der Waals surface area contributed by atoms with E-state index in [2.05, 4.69) is 0 Å². The average molecular weight is 271 g/mol. The molecule has 0 bridgehead atoms. The number of aryl methyl sites for hydroxylation is 2. The van der Waals surface area contributed by atoms with Gasteiger partial charge in [-0.25, -0.2) is 8.42 Å². The monoisotopic (exact) mass is 271 g/mol. The van der Waals surface area contributed by atoms with E-state index >= 15 is 0 Å². The van der Waals surface area contributed by atoms with Crippen LogP contribution in [-0.2, 0) is 9.84 Å². The fraction of sp³-hybridized carbons (Fsp3) is 0.538. The maximum Gasteiger partial charge on any atom is 0.151 e. The molecular formula is C13H21NO3S. The van der Waals surface area contributed by atoms with Gasteiger partial charge >= 0.3 is 0 Å². The van der Waals surface area contributed by atoms with E-state index < -0.39 is 21.1 Å². The van der Waals surface area contributed by atoms with Gasteiger partial charge in [0.15, 0.2) is 9.84 Å². The standard InChI is InChI=1S/C13H21NO3S/c1-8-6-11(7-9(2)13(8)17-4)12(14)10(3)18(5,15)16/h6-7,10,12H,14H2,1-5H3. The lowest BCUT2D eigenvalue weighted by atomic mass is 9.99. The van der Waals surface area contributed by atoms with Gasteiger partial charge in [-0.15, -0.1) is 0 Å². The van der Waals surface area contributed by atoms with E-state index in [1.54, 1.807) is 14.0 Å². The quantitative estimate of drug-likeness (QED) is 0.905. The van der Waals surface area contributed by atoms with E-state index in [1.165, 1.54) is 6.26 Å². The second-order valence-corrected chi connectivity index (χ2v) is 7.15. The molecule has 0 saturated carbocycles. The summed E-state index contributed by atoms with van der Waals surface area (Å²) in [4.78, 5) is 0. The van der Waals surface area contributed by atoms with Crippen LogP contribution in [0.2, 0.25) is 0 Å². The first-order valence-corrected chi connectivity index (χ1v) is 7.73. The molecule has 2 N–H and O–H groups in total. The van der Waals surface area contributed by atoms with Crippen molar-refractivity contribution in [3.05, 3.63) is 28.8 Å². The number of hydrogen-bond donors (Lipinski definition) is 1. The fourth-order valence-electron chi connectivity index (χ4n) is 2.04. The van der Waals surface area contributed by atoms with E-state index in [4.69, 9.17) is 10.5 Å². The molecule has 2 unspecified atom stereocenters. The number of rotatable bonds is 4. The number of nitrogens with two attached hydrogens (primary N) is 1. The van der Waals surface area contributed by atoms with Crippen LogP contribution in [0.25, 0.3) is 0 Å². The average Bonchev–Trinajstić information content (AvgIpc) is 2.25. The summed E-state index contributed by atoms with van der Waals surface area (Å²) in [5.74, 6) is 0.818. The van der Waals surface area contributed by atoms with Gasteiger partial charge in [0.1, 0.15) is 5.75 Å². The lowest BCUT2D eigenvalue weighted by Crippen LogP contribution is -2.30. The number of benzene rings is 1. The number of hydrogen-bond acceptors (Lipinski definition) is 4. The third-order valence-electron chi connectivity index (χ3n) is 3.25. The highest BCUT2D eigenvalue weighted by Gasteiger charge is 2.24. The van der Waals surface area contributed by atoms with Crippen LogP contribution >= 0.6 is 0 Å². The molecule has 2 atom stereocenters. The zero-order valence-electron chi connectivity index (χ0n) is 11.5. The van der Waals surface area contributed by atoms with Gasteiger partial charge in [0.05, 0.1) is 12.4 Å². The summed E-state index contributed by atoms with van der Waals surface area (Å²) in [7, 11) is -1.53. The van der Waals surface area contributed by atoms with Gasteiger partial charge in [-0.3, -0.25) is 0 Å². The molecule has 0 aliphatic rings. The largest absolute Gasteiger partial charge is 0.496 e. The number of ether oxygens (including phenoxy) is 1. The normalized spacial score (nSPS) is 15.2. The molecular weight excluding hydrogens is 250 g/mol. The van der Waals surface area contributed by atoms with E-state index in [-0.39, 0.29) is 0 Å². The van der Waals surface area contributed by atoms with E-state index in [0.717, 1.165) is 22.4 Å². The van der Waals surface area contributed by atoms with Gasteiger partial charge in [0.25, 0.3) is 0 Å². The van der Waals surface area contributed by atoms with Gasteiger partial charge in [-0.1, -0.05) is 12.1 Å². The minimum absolute atomic E-state index is 0.525. The molecule has 0 amide bonds. The third-order valence-corrected chi connectivity index (χ3v) is 4.90. The van der Waals surface area contributed by atoms with Crippen LogP contribution < -0.4 is 10.5 Å². The van der Waals surface area contributed by atoms with Crippen molar-refractivity contribution in [2.75, 3.05) is 13.4 Å². The summed E-state index contributed by atoms with van der Waals surface area (Å²) in [6.45, 7) is 5.48. The molecule has 0 saturated heterocycles. The molecule has 0 aromatic heterocycles. The Kier molecular flexibility index (Phi) is 4.40. The summed E-state index contributed by atoms with van der Waals surface area (Å²) in [5.41, 5.74) is 8.78. The number of sulfone groups is 1. The summed E-state index contributed by atoms with van der Waals surface area (Å²) in [5, 5.41) is -0.607. The Balaban J connectivity index is 3.20. The molecule has 1 rings (SSSR count). The molecule has 0 radical (unpaired) electrons. The Hall–Kier alpha value is -1.07. The highest BCUT2D eigenvalue weighted by molar-refractivity contribution is 7.91. The molecule has 18 heavy (non-hydrogen) atoms. The van der Waals surface area contributed by atoms with Gasteiger partial charge in [0.2, 0.25) is 0 Å². The maximum absolute atomic E-state index is 11.5. The molecule has 1 aromatic rings. The Bertz CT molecular complexity index is 514. The van der Waals surface area contributed by atoms with E-state index in [0.29, 0.717) is 0 Å². The molecule has 0 spiro atoms. The van der Waals surface area contributed by atoms with Crippen LogP contribution in [0.1, 0.15) is 29.7 Å². The van der Waals surface area contributed by atoms with Crippen molar-refractivity contribution in [3.63, 3.8) is 0 Å². The van der Waals surface area contributed by atoms with Gasteiger partial charge in [-0.2, -0.15) is 0 Å². The Morgan fingerprint density at radius 2 is 1.67 bits per heavy atom. The lowest BCUT2D eigenvalue weighted by Gasteiger charge is -2.20. The molecule has 0 aliphatic heterocycles. The summed E-state index contributed by atoms with van der Waals surface area (Å²) in [6.07, 6.45) is 1.21. The van der Waals surface area contributed by atoms with Crippen molar-refractivity contribution in [2.24, 2.45) is 5.73 Å². The second kappa shape index (κ2) is 5.28. The van der Waals surface area contributed by atoms with Crippen molar-refractivity contribution >= 4 is 9.84 Å². The van der Waals surface area contributed by atoms with Crippen molar-refractivity contribution < 1.29 is 13.2 Å². The Labute approximate surface area is 109 Å². The molecule has 1 aromatic carbocycles. The van der Waals surface area contributed by atoms with E-state index in [9.17, 15) is 8.42 Å². The van der Waals surface area contributed by atoms with Crippen LogP contribution in [-0.4, -0.2) is 27.0 Å². The van der Waals surface area contributed by atoms with Crippen LogP contribution in [0, 0.1) is 13.8 Å². The molecule has 5 heteroatoms. The van der Waals surface area contributed by atoms with Crippen molar-refractivity contribution in [2.45, 2.75) is 32.1 Å². The van der Waals surface area contributed by atoms with Crippen LogP contribution in [0.4, 0.5) is 0 Å². The topological polar surface area (TPSA) is 69.4 Å². The van der Waals surface area contributed by atoms with Crippen molar-refractivity contribution in [1.29, 1.82) is 0 Å². The first kappa shape index (κ1) is 15.0. The Morgan fingerprint density at radius 1 is 1.22 bits per heavy atom. The maximum atomic E-state index is 11.5. The molecule has 0 heterocycles. The smallest absolute Gasteiger partial charge is 0.151 e. The first-order valence-electron chi connectivity index (χ1n) is 5.78. The Morgan fingerprint density at radius 3 is 2.00 bits per heavy atom. The highest BCUT2D eigenvalue weighted by Crippen LogP contribution is 2.28. The minimum Gasteiger partial charge on any atom is -0.496 e. The molecule has 102 valence electrons. The van der Waals surface area contributed by atoms with Gasteiger partial charge < -0.3 is 10.5 Å². The van der Waals surface area contributed by atoms with Crippen molar-refractivity contribution in [3.8, 4) is 5.75 Å². The zero-order valence-corrected chi connectivity index (χ0v) is 12.3. The highest BCUT2D eigenvalue weighted by atomic mass is 32.2. The summed E-state index contributed by atoms with van der Waals surface area (Å²) >= 11 is 0. The zero-order chi connectivity index (χ0) is 14.1. The fourth-order valence-corrected chi connectivity index (χ4v) is 2.73. The summed E-state index contributed by atoms with van der Waals surface area (Å²) < 4.78 is 28.3. The first-order chi connectivity index (χ1) is 8.18. The third kappa shape index (κ3) is 3.03. The molecule has 0 aliphatic carbocycles. The van der Waals surface area contributed by atoms with Gasteiger partial charge in [0, 0.05) is 12.3 Å². The number of methoxy groups -OCH3 is 1. The van der Waals surface area contributed by atoms with Crippen LogP contribution in [0.15, 0.2) is 12.1 Å². The predicted molar refractivity (Wildman–Crippen MR) is 73.7 cm³/mol. The predicted octanol–water partition coefficient (Wildman–Crippen LogP) is 1.74. The summed E-state index contributed by atoms with van der Waals surface area (Å²) in [6, 6.07) is 3.25. The lowest BCUT2D eigenvalue weighted by molar-refractivity contribution is 0.408. The molecule has 4 nitrogen and oxygen atoms in total. The van der Waals surface area contributed by atoms with Crippen molar-refractivity contribution in [1.82, 2.24) is 0 Å².